The fraction of sp³-hybridized carbons (Fsp3) is 0. The van der Waals surface area contributed by atoms with E-state index in [4.69, 9.17) is 4.42 Å². The molecule has 0 atom stereocenters. The van der Waals surface area contributed by atoms with E-state index in [-0.39, 0.29) is 0 Å². The average Bonchev–Trinajstić information content (AvgIpc) is 3.90. The van der Waals surface area contributed by atoms with Crippen LogP contribution in [0.3, 0.4) is 0 Å². The van der Waals surface area contributed by atoms with Crippen molar-refractivity contribution in [3.8, 4) is 33.6 Å². The predicted molar refractivity (Wildman–Crippen MR) is 231 cm³/mol. The lowest BCUT2D eigenvalue weighted by Gasteiger charge is -2.12. The third-order valence-corrected chi connectivity index (χ3v) is 11.5. The normalized spacial score (nSPS) is 12.0. The Morgan fingerprint density at radius 3 is 1.73 bits per heavy atom. The maximum Gasteiger partial charge on any atom is 0.135 e. The number of aromatic nitrogens is 2. The smallest absolute Gasteiger partial charge is 0.135 e. The van der Waals surface area contributed by atoms with Crippen molar-refractivity contribution >= 4 is 76.3 Å². The van der Waals surface area contributed by atoms with E-state index in [1.165, 1.54) is 76.6 Å². The van der Waals surface area contributed by atoms with Gasteiger partial charge in [-0.3, -0.25) is 0 Å². The van der Waals surface area contributed by atoms with Gasteiger partial charge in [0.25, 0.3) is 0 Å². The number of rotatable bonds is 4. The number of hydrogen-bond acceptors (Lipinski definition) is 1. The summed E-state index contributed by atoms with van der Waals surface area (Å²) in [7, 11) is 0. The van der Waals surface area contributed by atoms with E-state index in [9.17, 15) is 0 Å². The van der Waals surface area contributed by atoms with Crippen LogP contribution in [0.15, 0.2) is 199 Å². The van der Waals surface area contributed by atoms with Crippen LogP contribution < -0.4 is 0 Å². The lowest BCUT2D eigenvalue weighted by atomic mass is 10.0. The Balaban J connectivity index is 1.02. The summed E-state index contributed by atoms with van der Waals surface area (Å²) in [6.45, 7) is 0. The molecule has 3 heteroatoms. The Bertz CT molecular complexity index is 3500. The Kier molecular flexibility index (Phi) is 6.34. The van der Waals surface area contributed by atoms with Crippen LogP contribution in [-0.4, -0.2) is 9.13 Å². The Labute approximate surface area is 316 Å². The molecule has 0 radical (unpaired) electrons. The summed E-state index contributed by atoms with van der Waals surface area (Å²) in [5.41, 5.74) is 13.6. The number of nitrogens with zero attached hydrogens (tertiary/aromatic N) is 2. The summed E-state index contributed by atoms with van der Waals surface area (Å²) in [4.78, 5) is 0. The molecule has 3 heterocycles. The molecule has 0 N–H and O–H groups in total. The molecular weight excluding hydrogens is 669 g/mol. The first-order valence-corrected chi connectivity index (χ1v) is 18.8. The molecule has 55 heavy (non-hydrogen) atoms. The maximum atomic E-state index is 6.18. The molecule has 0 fully saturated rings. The molecule has 0 amide bonds. The van der Waals surface area contributed by atoms with Gasteiger partial charge in [-0.15, -0.1) is 0 Å². The minimum atomic E-state index is 0.904. The minimum Gasteiger partial charge on any atom is -0.456 e. The molecule has 0 aliphatic carbocycles. The fourth-order valence-electron chi connectivity index (χ4n) is 8.91. The Morgan fingerprint density at radius 2 is 0.855 bits per heavy atom. The highest BCUT2D eigenvalue weighted by molar-refractivity contribution is 6.13. The van der Waals surface area contributed by atoms with Crippen molar-refractivity contribution in [2.24, 2.45) is 0 Å². The first-order chi connectivity index (χ1) is 27.2. The molecule has 12 rings (SSSR count). The number of para-hydroxylation sites is 3. The van der Waals surface area contributed by atoms with Crippen LogP contribution in [0, 0.1) is 0 Å². The maximum absolute atomic E-state index is 6.18. The zero-order valence-electron chi connectivity index (χ0n) is 29.8. The van der Waals surface area contributed by atoms with E-state index in [0.717, 1.165) is 33.3 Å². The van der Waals surface area contributed by atoms with Gasteiger partial charge in [-0.1, -0.05) is 121 Å². The van der Waals surface area contributed by atoms with Crippen LogP contribution in [0.2, 0.25) is 0 Å². The van der Waals surface area contributed by atoms with Crippen LogP contribution in [0.4, 0.5) is 0 Å². The largest absolute Gasteiger partial charge is 0.456 e. The molecule has 0 aliphatic heterocycles. The van der Waals surface area contributed by atoms with Crippen molar-refractivity contribution in [3.05, 3.63) is 194 Å². The van der Waals surface area contributed by atoms with Gasteiger partial charge in [0, 0.05) is 43.7 Å². The van der Waals surface area contributed by atoms with Gasteiger partial charge in [0.15, 0.2) is 0 Å². The molecule has 3 aromatic heterocycles. The van der Waals surface area contributed by atoms with Crippen molar-refractivity contribution in [2.45, 2.75) is 0 Å². The molecule has 0 saturated carbocycles. The van der Waals surface area contributed by atoms with Crippen molar-refractivity contribution < 1.29 is 4.42 Å². The molecule has 3 nitrogen and oxygen atoms in total. The molecule has 0 spiro atoms. The monoisotopic (exact) mass is 700 g/mol. The standard InChI is InChI=1S/C52H32N2O/c1-2-11-34-28-36(21-20-33(34)10-1)35-12-9-13-39(29-35)54-47-17-6-3-14-41(47)43-25-22-38(31-50(43)54)37-23-26-49-45(30-37)42-15-4-7-18-48(42)53(49)40-24-27-52-46(32-40)44-16-5-8-19-51(44)55-52/h1-32H. The fourth-order valence-corrected chi connectivity index (χ4v) is 8.91. The Hall–Kier alpha value is -7.36. The lowest BCUT2D eigenvalue weighted by molar-refractivity contribution is 0.669. The second-order valence-electron chi connectivity index (χ2n) is 14.6. The average molecular weight is 701 g/mol. The molecule has 0 aliphatic rings. The van der Waals surface area contributed by atoms with E-state index < -0.39 is 0 Å². The van der Waals surface area contributed by atoms with Crippen molar-refractivity contribution in [3.63, 3.8) is 0 Å². The summed E-state index contributed by atoms with van der Waals surface area (Å²) < 4.78 is 11.0. The second-order valence-corrected chi connectivity index (χ2v) is 14.6. The van der Waals surface area contributed by atoms with Gasteiger partial charge < -0.3 is 13.6 Å². The molecule has 0 unspecified atom stereocenters. The summed E-state index contributed by atoms with van der Waals surface area (Å²) in [6, 6.07) is 70.5. The van der Waals surface area contributed by atoms with Gasteiger partial charge in [-0.25, -0.2) is 0 Å². The van der Waals surface area contributed by atoms with Gasteiger partial charge in [0.2, 0.25) is 0 Å². The van der Waals surface area contributed by atoms with Gasteiger partial charge in [-0.05, 0) is 106 Å². The van der Waals surface area contributed by atoms with Gasteiger partial charge in [0.05, 0.1) is 22.1 Å². The SMILES string of the molecule is c1cc(-c2ccc3ccccc3c2)cc(-n2c3ccccc3c3ccc(-c4ccc5c(c4)c4ccccc4n5-c4ccc5oc6ccccc6c5c4)cc32)c1. The second kappa shape index (κ2) is 11.6. The summed E-state index contributed by atoms with van der Waals surface area (Å²) in [5.74, 6) is 0. The number of furan rings is 1. The topological polar surface area (TPSA) is 23.0 Å². The summed E-state index contributed by atoms with van der Waals surface area (Å²) in [6.07, 6.45) is 0. The Morgan fingerprint density at radius 1 is 0.273 bits per heavy atom. The summed E-state index contributed by atoms with van der Waals surface area (Å²) in [5, 5.41) is 9.73. The molecule has 12 aromatic rings. The summed E-state index contributed by atoms with van der Waals surface area (Å²) >= 11 is 0. The number of benzene rings is 9. The van der Waals surface area contributed by atoms with Gasteiger partial charge in [-0.2, -0.15) is 0 Å². The van der Waals surface area contributed by atoms with E-state index in [1.54, 1.807) is 0 Å². The van der Waals surface area contributed by atoms with Gasteiger partial charge >= 0.3 is 0 Å². The van der Waals surface area contributed by atoms with E-state index >= 15 is 0 Å². The molecule has 9 aromatic carbocycles. The third-order valence-electron chi connectivity index (χ3n) is 11.5. The van der Waals surface area contributed by atoms with E-state index in [2.05, 4.69) is 191 Å². The molecule has 0 saturated heterocycles. The lowest BCUT2D eigenvalue weighted by Crippen LogP contribution is -1.95. The molecule has 0 bridgehead atoms. The third kappa shape index (κ3) is 4.57. The quantitative estimate of drug-likeness (QED) is 0.179. The number of hydrogen-bond donors (Lipinski definition) is 0. The van der Waals surface area contributed by atoms with Crippen LogP contribution in [-0.2, 0) is 0 Å². The van der Waals surface area contributed by atoms with E-state index in [0.29, 0.717) is 0 Å². The first-order valence-electron chi connectivity index (χ1n) is 18.8. The minimum absolute atomic E-state index is 0.904. The first kappa shape index (κ1) is 30.1. The van der Waals surface area contributed by atoms with Crippen LogP contribution in [0.5, 0.6) is 0 Å². The highest BCUT2D eigenvalue weighted by Crippen LogP contribution is 2.40. The van der Waals surface area contributed by atoms with Crippen LogP contribution in [0.1, 0.15) is 0 Å². The van der Waals surface area contributed by atoms with Crippen molar-refractivity contribution in [2.75, 3.05) is 0 Å². The highest BCUT2D eigenvalue weighted by Gasteiger charge is 2.17. The number of fused-ring (bicyclic) bond motifs is 10. The van der Waals surface area contributed by atoms with Crippen molar-refractivity contribution in [1.82, 2.24) is 9.13 Å². The molecular formula is C52H32N2O. The van der Waals surface area contributed by atoms with Crippen LogP contribution >= 0.6 is 0 Å². The van der Waals surface area contributed by atoms with Crippen molar-refractivity contribution in [1.29, 1.82) is 0 Å². The zero-order valence-corrected chi connectivity index (χ0v) is 29.8. The predicted octanol–water partition coefficient (Wildman–Crippen LogP) is 14.3. The molecule has 256 valence electrons. The van der Waals surface area contributed by atoms with Crippen LogP contribution in [0.25, 0.3) is 110 Å². The van der Waals surface area contributed by atoms with Gasteiger partial charge in [0.1, 0.15) is 11.2 Å². The highest BCUT2D eigenvalue weighted by atomic mass is 16.3. The van der Waals surface area contributed by atoms with E-state index in [1.807, 2.05) is 12.1 Å². The zero-order chi connectivity index (χ0) is 36.0.